The van der Waals surface area contributed by atoms with E-state index in [4.69, 9.17) is 0 Å². The minimum absolute atomic E-state index is 0.721. The lowest BCUT2D eigenvalue weighted by molar-refractivity contribution is 0.677. The van der Waals surface area contributed by atoms with Gasteiger partial charge in [0.15, 0.2) is 5.82 Å². The molecule has 4 nitrogen and oxygen atoms in total. The van der Waals surface area contributed by atoms with Crippen LogP contribution in [0.1, 0.15) is 24.1 Å². The van der Waals surface area contributed by atoms with Crippen LogP contribution in [0.2, 0.25) is 0 Å². The molecule has 2 N–H and O–H groups in total. The maximum atomic E-state index is 4.37. The van der Waals surface area contributed by atoms with Gasteiger partial charge in [0, 0.05) is 24.5 Å². The van der Waals surface area contributed by atoms with Gasteiger partial charge in [0.1, 0.15) is 5.69 Å². The summed E-state index contributed by atoms with van der Waals surface area (Å²) in [7, 11) is 0. The average Bonchev–Trinajstić information content (AvgIpc) is 3.04. The van der Waals surface area contributed by atoms with Crippen molar-refractivity contribution in [3.63, 3.8) is 0 Å². The summed E-state index contributed by atoms with van der Waals surface area (Å²) in [6.45, 7) is 2.92. The van der Waals surface area contributed by atoms with E-state index in [0.717, 1.165) is 29.8 Å². The largest absolute Gasteiger partial charge is 0.339 e. The van der Waals surface area contributed by atoms with E-state index in [0.29, 0.717) is 0 Å². The first-order valence-electron chi connectivity index (χ1n) is 6.01. The summed E-state index contributed by atoms with van der Waals surface area (Å²) in [6, 6.07) is 4.75. The van der Waals surface area contributed by atoms with E-state index in [2.05, 4.69) is 27.2 Å². The quantitative estimate of drug-likeness (QED) is 0.842. The monoisotopic (exact) mass is 228 g/mol. The first-order valence-corrected chi connectivity index (χ1v) is 6.01. The van der Waals surface area contributed by atoms with Crippen molar-refractivity contribution in [2.24, 2.45) is 0 Å². The summed E-state index contributed by atoms with van der Waals surface area (Å²) < 4.78 is 0. The van der Waals surface area contributed by atoms with Gasteiger partial charge in [-0.2, -0.15) is 0 Å². The topological polar surface area (TPSA) is 53.6 Å². The highest BCUT2D eigenvalue weighted by Gasteiger charge is 2.20. The molecule has 0 saturated heterocycles. The molecule has 0 aliphatic heterocycles. The lowest BCUT2D eigenvalue weighted by atomic mass is 10.2. The Balaban J connectivity index is 1.74. The third-order valence-electron chi connectivity index (χ3n) is 2.95. The molecule has 1 aliphatic rings. The molecular weight excluding hydrogens is 212 g/mol. The van der Waals surface area contributed by atoms with Crippen molar-refractivity contribution < 1.29 is 0 Å². The van der Waals surface area contributed by atoms with Crippen molar-refractivity contribution in [2.75, 3.05) is 0 Å². The fourth-order valence-electron chi connectivity index (χ4n) is 1.79. The van der Waals surface area contributed by atoms with E-state index in [1.54, 1.807) is 0 Å². The molecule has 0 bridgehead atoms. The number of nitrogens with one attached hydrogen (secondary N) is 2. The standard InChI is InChI=1S/C13H16N4/c1-9-4-5-14-12(6-9)13-16-8-11(17-13)7-15-10-2-3-10/h4-6,8,10,15H,2-3,7H2,1H3,(H,16,17). The second-order valence-corrected chi connectivity index (χ2v) is 4.63. The Bertz CT molecular complexity index is 514. The zero-order valence-electron chi connectivity index (χ0n) is 9.90. The normalized spacial score (nSPS) is 15.1. The molecule has 4 heteroatoms. The van der Waals surface area contributed by atoms with Crippen LogP contribution in [0, 0.1) is 6.92 Å². The van der Waals surface area contributed by atoms with Gasteiger partial charge < -0.3 is 10.3 Å². The molecule has 0 atom stereocenters. The van der Waals surface area contributed by atoms with Gasteiger partial charge in [-0.25, -0.2) is 4.98 Å². The van der Waals surface area contributed by atoms with Crippen molar-refractivity contribution in [1.29, 1.82) is 0 Å². The lowest BCUT2D eigenvalue weighted by Crippen LogP contribution is -2.15. The Kier molecular flexibility index (Phi) is 2.65. The Labute approximate surface area is 101 Å². The van der Waals surface area contributed by atoms with Crippen LogP contribution in [-0.2, 0) is 6.54 Å². The zero-order chi connectivity index (χ0) is 11.7. The molecule has 1 saturated carbocycles. The number of H-pyrrole nitrogens is 1. The Morgan fingerprint density at radius 3 is 3.06 bits per heavy atom. The van der Waals surface area contributed by atoms with Crippen molar-refractivity contribution in [3.8, 4) is 11.5 Å². The molecule has 17 heavy (non-hydrogen) atoms. The summed E-state index contributed by atoms with van der Waals surface area (Å²) in [5.41, 5.74) is 3.22. The third-order valence-corrected chi connectivity index (χ3v) is 2.95. The first kappa shape index (κ1) is 10.5. The molecule has 1 aliphatic carbocycles. The number of aryl methyl sites for hydroxylation is 1. The molecule has 88 valence electrons. The summed E-state index contributed by atoms with van der Waals surface area (Å²) in [4.78, 5) is 12.0. The Hall–Kier alpha value is -1.68. The van der Waals surface area contributed by atoms with Crippen molar-refractivity contribution in [3.05, 3.63) is 35.8 Å². The molecule has 1 fully saturated rings. The molecule has 0 unspecified atom stereocenters. The number of aromatic nitrogens is 3. The van der Waals surface area contributed by atoms with Gasteiger partial charge in [-0.3, -0.25) is 4.98 Å². The highest BCUT2D eigenvalue weighted by Crippen LogP contribution is 2.19. The molecule has 2 aromatic rings. The van der Waals surface area contributed by atoms with Gasteiger partial charge in [-0.1, -0.05) is 0 Å². The second kappa shape index (κ2) is 4.30. The van der Waals surface area contributed by atoms with E-state index in [1.807, 2.05) is 24.5 Å². The van der Waals surface area contributed by atoms with Gasteiger partial charge in [-0.05, 0) is 37.5 Å². The molecular formula is C13H16N4. The minimum Gasteiger partial charge on any atom is -0.339 e. The SMILES string of the molecule is Cc1ccnc(-c2ncc(CNC3CC3)[nH]2)c1. The summed E-state index contributed by atoms with van der Waals surface area (Å²) in [5, 5.41) is 3.46. The van der Waals surface area contributed by atoms with Crippen LogP contribution < -0.4 is 5.32 Å². The van der Waals surface area contributed by atoms with Crippen LogP contribution in [0.5, 0.6) is 0 Å². The smallest absolute Gasteiger partial charge is 0.156 e. The molecule has 2 aromatic heterocycles. The zero-order valence-corrected chi connectivity index (χ0v) is 9.90. The molecule has 0 radical (unpaired) electrons. The van der Waals surface area contributed by atoms with Gasteiger partial charge in [0.05, 0.1) is 6.20 Å². The number of hydrogen-bond acceptors (Lipinski definition) is 3. The van der Waals surface area contributed by atoms with Crippen LogP contribution in [-0.4, -0.2) is 21.0 Å². The van der Waals surface area contributed by atoms with Gasteiger partial charge >= 0.3 is 0 Å². The van der Waals surface area contributed by atoms with Crippen molar-refractivity contribution in [1.82, 2.24) is 20.3 Å². The van der Waals surface area contributed by atoms with E-state index in [-0.39, 0.29) is 0 Å². The number of imidazole rings is 1. The third kappa shape index (κ3) is 2.53. The number of aromatic amines is 1. The van der Waals surface area contributed by atoms with Gasteiger partial charge in [0.2, 0.25) is 0 Å². The predicted octanol–water partition coefficient (Wildman–Crippen LogP) is 2.03. The molecule has 3 rings (SSSR count). The molecule has 0 aromatic carbocycles. The highest BCUT2D eigenvalue weighted by molar-refractivity contribution is 5.50. The fourth-order valence-corrected chi connectivity index (χ4v) is 1.79. The van der Waals surface area contributed by atoms with E-state index in [1.165, 1.54) is 18.4 Å². The van der Waals surface area contributed by atoms with Crippen molar-refractivity contribution >= 4 is 0 Å². The molecule has 2 heterocycles. The lowest BCUT2D eigenvalue weighted by Gasteiger charge is -1.99. The minimum atomic E-state index is 0.721. The number of hydrogen-bond donors (Lipinski definition) is 2. The second-order valence-electron chi connectivity index (χ2n) is 4.63. The van der Waals surface area contributed by atoms with Crippen molar-refractivity contribution in [2.45, 2.75) is 32.4 Å². The van der Waals surface area contributed by atoms with Gasteiger partial charge in [0.25, 0.3) is 0 Å². The maximum absolute atomic E-state index is 4.37. The van der Waals surface area contributed by atoms with E-state index in [9.17, 15) is 0 Å². The van der Waals surface area contributed by atoms with Crippen LogP contribution >= 0.6 is 0 Å². The Morgan fingerprint density at radius 1 is 1.41 bits per heavy atom. The van der Waals surface area contributed by atoms with Crippen LogP contribution in [0.15, 0.2) is 24.5 Å². The van der Waals surface area contributed by atoms with Gasteiger partial charge in [-0.15, -0.1) is 0 Å². The first-order chi connectivity index (χ1) is 8.31. The maximum Gasteiger partial charge on any atom is 0.156 e. The van der Waals surface area contributed by atoms with Crippen LogP contribution in [0.25, 0.3) is 11.5 Å². The number of pyridine rings is 1. The molecule has 0 amide bonds. The van der Waals surface area contributed by atoms with Crippen LogP contribution in [0.4, 0.5) is 0 Å². The average molecular weight is 228 g/mol. The number of rotatable bonds is 4. The predicted molar refractivity (Wildman–Crippen MR) is 66.4 cm³/mol. The van der Waals surface area contributed by atoms with Crippen LogP contribution in [0.3, 0.4) is 0 Å². The Morgan fingerprint density at radius 2 is 2.29 bits per heavy atom. The number of nitrogens with zero attached hydrogens (tertiary/aromatic N) is 2. The van der Waals surface area contributed by atoms with E-state index >= 15 is 0 Å². The summed E-state index contributed by atoms with van der Waals surface area (Å²) >= 11 is 0. The van der Waals surface area contributed by atoms with E-state index < -0.39 is 0 Å². The summed E-state index contributed by atoms with van der Waals surface area (Å²) in [6.07, 6.45) is 6.31. The summed E-state index contributed by atoms with van der Waals surface area (Å²) in [5.74, 6) is 0.848. The fraction of sp³-hybridized carbons (Fsp3) is 0.385. The highest BCUT2D eigenvalue weighted by atomic mass is 15.0. The molecule has 0 spiro atoms.